The standard InChI is InChI=1S/C21H17N3O5S/c25-20-13-29-19-11-8-16(12-18(19)23-20)22-21(26)14-6-9-17(10-7-14)30(27,28)24-15-4-2-1-3-5-15/h1-12,24H,13H2,(H,22,26)(H,23,25). The fourth-order valence-corrected chi connectivity index (χ4v) is 3.93. The van der Waals surface area contributed by atoms with Gasteiger partial charge in [-0.2, -0.15) is 0 Å². The molecule has 9 heteroatoms. The van der Waals surface area contributed by atoms with Gasteiger partial charge in [0.1, 0.15) is 5.75 Å². The summed E-state index contributed by atoms with van der Waals surface area (Å²) in [4.78, 5) is 24.0. The van der Waals surface area contributed by atoms with E-state index in [1.54, 1.807) is 48.5 Å². The van der Waals surface area contributed by atoms with Gasteiger partial charge in [0, 0.05) is 16.9 Å². The molecule has 1 aliphatic heterocycles. The maximum absolute atomic E-state index is 12.5. The van der Waals surface area contributed by atoms with Crippen molar-refractivity contribution in [2.45, 2.75) is 4.90 Å². The minimum absolute atomic E-state index is 0.0385. The Morgan fingerprint density at radius 2 is 1.67 bits per heavy atom. The third-order valence-corrected chi connectivity index (χ3v) is 5.72. The first kappa shape index (κ1) is 19.5. The Morgan fingerprint density at radius 1 is 0.933 bits per heavy atom. The summed E-state index contributed by atoms with van der Waals surface area (Å²) in [5.41, 5.74) is 1.67. The number of ether oxygens (including phenoxy) is 1. The van der Waals surface area contributed by atoms with Crippen molar-refractivity contribution < 1.29 is 22.7 Å². The predicted octanol–water partition coefficient (Wildman–Crippen LogP) is 3.07. The van der Waals surface area contributed by atoms with E-state index >= 15 is 0 Å². The number of hydrogen-bond acceptors (Lipinski definition) is 5. The van der Waals surface area contributed by atoms with Crippen LogP contribution in [0.25, 0.3) is 0 Å². The van der Waals surface area contributed by atoms with Crippen LogP contribution in [0, 0.1) is 0 Å². The number of benzene rings is 3. The molecule has 0 aliphatic carbocycles. The van der Waals surface area contributed by atoms with Crippen LogP contribution in [0.1, 0.15) is 10.4 Å². The van der Waals surface area contributed by atoms with Gasteiger partial charge >= 0.3 is 0 Å². The Hall–Kier alpha value is -3.85. The summed E-state index contributed by atoms with van der Waals surface area (Å²) in [6.45, 7) is -0.0485. The Bertz CT molecular complexity index is 1210. The lowest BCUT2D eigenvalue weighted by atomic mass is 10.2. The number of nitrogens with one attached hydrogen (secondary N) is 3. The lowest BCUT2D eigenvalue weighted by molar-refractivity contribution is -0.118. The van der Waals surface area contributed by atoms with E-state index in [9.17, 15) is 18.0 Å². The second-order valence-electron chi connectivity index (χ2n) is 6.50. The number of rotatable bonds is 5. The molecule has 3 N–H and O–H groups in total. The van der Waals surface area contributed by atoms with Crippen molar-refractivity contribution in [2.24, 2.45) is 0 Å². The summed E-state index contributed by atoms with van der Waals surface area (Å²) in [6.07, 6.45) is 0. The van der Waals surface area contributed by atoms with Crippen LogP contribution in [0.2, 0.25) is 0 Å². The predicted molar refractivity (Wildman–Crippen MR) is 112 cm³/mol. The molecule has 0 saturated heterocycles. The van der Waals surface area contributed by atoms with Crippen LogP contribution in [0.15, 0.2) is 77.7 Å². The third-order valence-electron chi connectivity index (χ3n) is 4.32. The number of carbonyl (C=O) groups excluding carboxylic acids is 2. The van der Waals surface area contributed by atoms with E-state index in [2.05, 4.69) is 15.4 Å². The van der Waals surface area contributed by atoms with Gasteiger partial charge in [0.15, 0.2) is 6.61 Å². The smallest absolute Gasteiger partial charge is 0.262 e. The molecule has 8 nitrogen and oxygen atoms in total. The minimum atomic E-state index is -3.77. The Kier molecular flexibility index (Phi) is 5.11. The van der Waals surface area contributed by atoms with Gasteiger partial charge in [-0.05, 0) is 54.6 Å². The molecular formula is C21H17N3O5S. The van der Waals surface area contributed by atoms with Gasteiger partial charge in [0.2, 0.25) is 0 Å². The van der Waals surface area contributed by atoms with E-state index in [1.807, 2.05) is 0 Å². The van der Waals surface area contributed by atoms with Crippen molar-refractivity contribution in [2.75, 3.05) is 22.0 Å². The molecule has 0 aromatic heterocycles. The molecule has 2 amide bonds. The fourth-order valence-electron chi connectivity index (χ4n) is 2.87. The summed E-state index contributed by atoms with van der Waals surface area (Å²) in [7, 11) is -3.77. The maximum Gasteiger partial charge on any atom is 0.262 e. The Morgan fingerprint density at radius 3 is 2.40 bits per heavy atom. The second kappa shape index (κ2) is 7.88. The molecule has 3 aromatic carbocycles. The maximum atomic E-state index is 12.5. The zero-order valence-electron chi connectivity index (χ0n) is 15.6. The van der Waals surface area contributed by atoms with E-state index in [0.29, 0.717) is 22.8 Å². The fraction of sp³-hybridized carbons (Fsp3) is 0.0476. The third kappa shape index (κ3) is 4.26. The highest BCUT2D eigenvalue weighted by Gasteiger charge is 2.18. The number of sulfonamides is 1. The summed E-state index contributed by atoms with van der Waals surface area (Å²) >= 11 is 0. The summed E-state index contributed by atoms with van der Waals surface area (Å²) in [5.74, 6) is -0.169. The van der Waals surface area contributed by atoms with Crippen LogP contribution < -0.4 is 20.1 Å². The largest absolute Gasteiger partial charge is 0.482 e. The van der Waals surface area contributed by atoms with Crippen molar-refractivity contribution in [1.82, 2.24) is 0 Å². The van der Waals surface area contributed by atoms with E-state index < -0.39 is 15.9 Å². The number of carbonyl (C=O) groups is 2. The molecule has 30 heavy (non-hydrogen) atoms. The van der Waals surface area contributed by atoms with E-state index in [-0.39, 0.29) is 23.0 Å². The van der Waals surface area contributed by atoms with Crippen LogP contribution in [0.4, 0.5) is 17.1 Å². The highest BCUT2D eigenvalue weighted by Crippen LogP contribution is 2.30. The monoisotopic (exact) mass is 423 g/mol. The topological polar surface area (TPSA) is 114 Å². The molecule has 0 spiro atoms. The quantitative estimate of drug-likeness (QED) is 0.584. The summed E-state index contributed by atoms with van der Waals surface area (Å²) < 4.78 is 32.7. The first-order valence-corrected chi connectivity index (χ1v) is 10.4. The number of anilines is 3. The molecule has 152 valence electrons. The van der Waals surface area contributed by atoms with Crippen LogP contribution >= 0.6 is 0 Å². The molecule has 0 atom stereocenters. The van der Waals surface area contributed by atoms with Crippen molar-refractivity contribution in [3.8, 4) is 5.75 Å². The highest BCUT2D eigenvalue weighted by molar-refractivity contribution is 7.92. The van der Waals surface area contributed by atoms with E-state index in [4.69, 9.17) is 4.74 Å². The summed E-state index contributed by atoms with van der Waals surface area (Å²) in [6, 6.07) is 19.0. The zero-order valence-corrected chi connectivity index (χ0v) is 16.4. The van der Waals surface area contributed by atoms with Crippen molar-refractivity contribution in [1.29, 1.82) is 0 Å². The second-order valence-corrected chi connectivity index (χ2v) is 8.18. The minimum Gasteiger partial charge on any atom is -0.482 e. The van der Waals surface area contributed by atoms with Gasteiger partial charge in [-0.15, -0.1) is 0 Å². The van der Waals surface area contributed by atoms with Crippen LogP contribution in [-0.4, -0.2) is 26.8 Å². The Balaban J connectivity index is 1.47. The van der Waals surface area contributed by atoms with Gasteiger partial charge < -0.3 is 15.4 Å². The average Bonchev–Trinajstić information content (AvgIpc) is 2.74. The lowest BCUT2D eigenvalue weighted by Gasteiger charge is -2.18. The first-order valence-electron chi connectivity index (χ1n) is 8.97. The van der Waals surface area contributed by atoms with Crippen LogP contribution in [-0.2, 0) is 14.8 Å². The molecule has 0 radical (unpaired) electrons. The highest BCUT2D eigenvalue weighted by atomic mass is 32.2. The number of hydrogen-bond donors (Lipinski definition) is 3. The SMILES string of the molecule is O=C1COc2ccc(NC(=O)c3ccc(S(=O)(=O)Nc4ccccc4)cc3)cc2N1. The van der Waals surface area contributed by atoms with E-state index in [1.165, 1.54) is 24.3 Å². The van der Waals surface area contributed by atoms with Crippen molar-refractivity contribution in [3.63, 3.8) is 0 Å². The van der Waals surface area contributed by atoms with Gasteiger partial charge in [-0.25, -0.2) is 8.42 Å². The Labute approximate surface area is 172 Å². The van der Waals surface area contributed by atoms with Crippen LogP contribution in [0.3, 0.4) is 0 Å². The molecule has 0 fully saturated rings. The van der Waals surface area contributed by atoms with Crippen LogP contribution in [0.5, 0.6) is 5.75 Å². The van der Waals surface area contributed by atoms with Gasteiger partial charge in [0.25, 0.3) is 21.8 Å². The molecule has 1 aliphatic rings. The van der Waals surface area contributed by atoms with Crippen molar-refractivity contribution >= 4 is 38.9 Å². The van der Waals surface area contributed by atoms with E-state index in [0.717, 1.165) is 0 Å². The molecule has 0 bridgehead atoms. The first-order chi connectivity index (χ1) is 14.4. The zero-order chi connectivity index (χ0) is 21.1. The lowest BCUT2D eigenvalue weighted by Crippen LogP contribution is -2.25. The molecule has 0 unspecified atom stereocenters. The molecule has 4 rings (SSSR count). The normalized spacial score (nSPS) is 12.9. The number of amides is 2. The number of para-hydroxylation sites is 1. The van der Waals surface area contributed by atoms with Crippen molar-refractivity contribution in [3.05, 3.63) is 78.4 Å². The average molecular weight is 423 g/mol. The van der Waals surface area contributed by atoms with Gasteiger partial charge in [-0.1, -0.05) is 18.2 Å². The summed E-state index contributed by atoms with van der Waals surface area (Å²) in [5, 5.41) is 5.38. The molecule has 0 saturated carbocycles. The van der Waals surface area contributed by atoms with Gasteiger partial charge in [-0.3, -0.25) is 14.3 Å². The van der Waals surface area contributed by atoms with Gasteiger partial charge in [0.05, 0.1) is 10.6 Å². The molecular weight excluding hydrogens is 406 g/mol. The molecule has 1 heterocycles. The number of fused-ring (bicyclic) bond motifs is 1. The molecule has 3 aromatic rings.